The highest BCUT2D eigenvalue weighted by atomic mass is 19.1. The van der Waals surface area contributed by atoms with Gasteiger partial charge in [-0.15, -0.1) is 0 Å². The van der Waals surface area contributed by atoms with Crippen molar-refractivity contribution >= 4 is 17.6 Å². The minimum atomic E-state index is -0.468. The maximum absolute atomic E-state index is 13.5. The lowest BCUT2D eigenvalue weighted by molar-refractivity contribution is -0.130. The predicted octanol–water partition coefficient (Wildman–Crippen LogP) is 2.61. The number of carbonyl (C=O) groups excluding carboxylic acids is 2. The van der Waals surface area contributed by atoms with Crippen molar-refractivity contribution < 1.29 is 18.7 Å². The molecule has 2 N–H and O–H groups in total. The summed E-state index contributed by atoms with van der Waals surface area (Å²) >= 11 is 0. The van der Waals surface area contributed by atoms with Crippen LogP contribution in [0.25, 0.3) is 0 Å². The number of urea groups is 1. The van der Waals surface area contributed by atoms with Crippen LogP contribution in [-0.2, 0) is 11.3 Å². The molecule has 2 aromatic rings. The van der Waals surface area contributed by atoms with E-state index < -0.39 is 6.03 Å². The number of amides is 3. The Labute approximate surface area is 145 Å². The maximum atomic E-state index is 13.5. The van der Waals surface area contributed by atoms with Gasteiger partial charge < -0.3 is 20.3 Å². The van der Waals surface area contributed by atoms with Crippen molar-refractivity contribution in [2.75, 3.05) is 26.0 Å². The third-order valence-electron chi connectivity index (χ3n) is 3.35. The molecule has 0 unspecified atom stereocenters. The van der Waals surface area contributed by atoms with E-state index >= 15 is 0 Å². The number of benzene rings is 2. The first kappa shape index (κ1) is 18.3. The number of likely N-dealkylation sites (N-methyl/N-ethyl adjacent to an activating group) is 1. The predicted molar refractivity (Wildman–Crippen MR) is 92.9 cm³/mol. The van der Waals surface area contributed by atoms with E-state index in [0.717, 1.165) is 0 Å². The average Bonchev–Trinajstić information content (AvgIpc) is 2.59. The van der Waals surface area contributed by atoms with Gasteiger partial charge in [-0.05, 0) is 18.2 Å². The van der Waals surface area contributed by atoms with E-state index in [1.165, 1.54) is 11.0 Å². The lowest BCUT2D eigenvalue weighted by atomic mass is 10.2. The Kier molecular flexibility index (Phi) is 6.33. The Hall–Kier alpha value is -3.09. The minimum absolute atomic E-state index is 0.0754. The molecule has 0 saturated heterocycles. The van der Waals surface area contributed by atoms with Crippen LogP contribution in [0, 0.1) is 5.82 Å². The van der Waals surface area contributed by atoms with Gasteiger partial charge in [0, 0.05) is 38.0 Å². The standard InChI is InChI=1S/C18H20FN3O3/c1-22(2)17(23)12-25-15-8-5-7-14(10-15)21-18(24)20-11-13-6-3-4-9-16(13)19/h3-10H,11-12H2,1-2H3,(H2,20,21,24). The van der Waals surface area contributed by atoms with Gasteiger partial charge in [0.25, 0.3) is 5.91 Å². The molecule has 2 rings (SSSR count). The quantitative estimate of drug-likeness (QED) is 0.845. The molecule has 0 atom stereocenters. The normalized spacial score (nSPS) is 10.0. The fourth-order valence-corrected chi connectivity index (χ4v) is 1.93. The van der Waals surface area contributed by atoms with E-state index in [4.69, 9.17) is 4.74 Å². The molecule has 0 fully saturated rings. The molecule has 0 radical (unpaired) electrons. The number of carbonyl (C=O) groups is 2. The van der Waals surface area contributed by atoms with E-state index in [2.05, 4.69) is 10.6 Å². The van der Waals surface area contributed by atoms with Crippen LogP contribution in [0.1, 0.15) is 5.56 Å². The summed E-state index contributed by atoms with van der Waals surface area (Å²) in [5.41, 5.74) is 0.901. The van der Waals surface area contributed by atoms with E-state index in [9.17, 15) is 14.0 Å². The van der Waals surface area contributed by atoms with Crippen molar-refractivity contribution in [2.24, 2.45) is 0 Å². The topological polar surface area (TPSA) is 70.7 Å². The van der Waals surface area contributed by atoms with Crippen LogP contribution in [-0.4, -0.2) is 37.5 Å². The first-order valence-corrected chi connectivity index (χ1v) is 7.67. The highest BCUT2D eigenvalue weighted by molar-refractivity contribution is 5.89. The van der Waals surface area contributed by atoms with Crippen LogP contribution in [0.15, 0.2) is 48.5 Å². The second-order valence-corrected chi connectivity index (χ2v) is 5.50. The molecule has 0 aromatic heterocycles. The molecule has 0 aliphatic heterocycles. The zero-order valence-corrected chi connectivity index (χ0v) is 14.1. The van der Waals surface area contributed by atoms with E-state index in [-0.39, 0.29) is 24.9 Å². The van der Waals surface area contributed by atoms with E-state index in [1.54, 1.807) is 56.6 Å². The molecule has 0 bridgehead atoms. The van der Waals surface area contributed by atoms with Crippen molar-refractivity contribution in [3.8, 4) is 5.75 Å². The zero-order chi connectivity index (χ0) is 18.2. The molecule has 0 aliphatic rings. The number of ether oxygens (including phenoxy) is 1. The number of nitrogens with one attached hydrogen (secondary N) is 2. The van der Waals surface area contributed by atoms with Gasteiger partial charge in [-0.3, -0.25) is 4.79 Å². The Balaban J connectivity index is 1.87. The minimum Gasteiger partial charge on any atom is -0.484 e. The average molecular weight is 345 g/mol. The van der Waals surface area contributed by atoms with Gasteiger partial charge in [-0.1, -0.05) is 24.3 Å². The fraction of sp³-hybridized carbons (Fsp3) is 0.222. The summed E-state index contributed by atoms with van der Waals surface area (Å²) in [6.45, 7) is -0.0119. The molecular formula is C18H20FN3O3. The van der Waals surface area contributed by atoms with Gasteiger partial charge in [0.05, 0.1) is 0 Å². The van der Waals surface area contributed by atoms with Crippen LogP contribution in [0.4, 0.5) is 14.9 Å². The molecule has 6 nitrogen and oxygen atoms in total. The van der Waals surface area contributed by atoms with E-state index in [1.807, 2.05) is 0 Å². The van der Waals surface area contributed by atoms with Gasteiger partial charge in [0.2, 0.25) is 0 Å². The van der Waals surface area contributed by atoms with Gasteiger partial charge in [0.1, 0.15) is 11.6 Å². The SMILES string of the molecule is CN(C)C(=O)COc1cccc(NC(=O)NCc2ccccc2F)c1. The zero-order valence-electron chi connectivity index (χ0n) is 14.1. The number of anilines is 1. The highest BCUT2D eigenvalue weighted by Crippen LogP contribution is 2.17. The summed E-state index contributed by atoms with van der Waals surface area (Å²) in [6.07, 6.45) is 0. The molecule has 7 heteroatoms. The fourth-order valence-electron chi connectivity index (χ4n) is 1.93. The molecule has 0 heterocycles. The monoisotopic (exact) mass is 345 g/mol. The summed E-state index contributed by atoms with van der Waals surface area (Å²) < 4.78 is 18.9. The first-order chi connectivity index (χ1) is 12.0. The van der Waals surface area contributed by atoms with Crippen LogP contribution in [0.3, 0.4) is 0 Å². The molecule has 25 heavy (non-hydrogen) atoms. The Morgan fingerprint density at radius 3 is 2.60 bits per heavy atom. The second kappa shape index (κ2) is 8.68. The number of halogens is 1. The van der Waals surface area contributed by atoms with Crippen LogP contribution in [0.2, 0.25) is 0 Å². The molecule has 3 amide bonds. The van der Waals surface area contributed by atoms with Gasteiger partial charge in [0.15, 0.2) is 6.61 Å². The van der Waals surface area contributed by atoms with Gasteiger partial charge >= 0.3 is 6.03 Å². The van der Waals surface area contributed by atoms with Crippen molar-refractivity contribution in [1.29, 1.82) is 0 Å². The molecular weight excluding hydrogens is 325 g/mol. The van der Waals surface area contributed by atoms with Gasteiger partial charge in [-0.25, -0.2) is 9.18 Å². The summed E-state index contributed by atoms with van der Waals surface area (Å²) in [6, 6.07) is 12.4. The van der Waals surface area contributed by atoms with Crippen LogP contribution >= 0.6 is 0 Å². The third-order valence-corrected chi connectivity index (χ3v) is 3.35. The van der Waals surface area contributed by atoms with E-state index in [0.29, 0.717) is 17.0 Å². The second-order valence-electron chi connectivity index (χ2n) is 5.50. The summed E-state index contributed by atoms with van der Waals surface area (Å²) in [4.78, 5) is 24.9. The first-order valence-electron chi connectivity index (χ1n) is 7.67. The summed E-state index contributed by atoms with van der Waals surface area (Å²) in [7, 11) is 3.28. The number of hydrogen-bond acceptors (Lipinski definition) is 3. The summed E-state index contributed by atoms with van der Waals surface area (Å²) in [5.74, 6) is -0.0770. The molecule has 0 saturated carbocycles. The number of rotatable bonds is 6. The van der Waals surface area contributed by atoms with Gasteiger partial charge in [-0.2, -0.15) is 0 Å². The lowest BCUT2D eigenvalue weighted by Gasteiger charge is -2.12. The Bertz CT molecular complexity index is 750. The highest BCUT2D eigenvalue weighted by Gasteiger charge is 2.07. The smallest absolute Gasteiger partial charge is 0.319 e. The van der Waals surface area contributed by atoms with Crippen molar-refractivity contribution in [3.63, 3.8) is 0 Å². The number of hydrogen-bond donors (Lipinski definition) is 2. The Morgan fingerprint density at radius 1 is 1.12 bits per heavy atom. The van der Waals surface area contributed by atoms with Crippen molar-refractivity contribution in [3.05, 3.63) is 59.9 Å². The number of nitrogens with zero attached hydrogens (tertiary/aromatic N) is 1. The maximum Gasteiger partial charge on any atom is 0.319 e. The van der Waals surface area contributed by atoms with Crippen LogP contribution < -0.4 is 15.4 Å². The molecule has 132 valence electrons. The lowest BCUT2D eigenvalue weighted by Crippen LogP contribution is -2.28. The largest absolute Gasteiger partial charge is 0.484 e. The van der Waals surface area contributed by atoms with Crippen molar-refractivity contribution in [1.82, 2.24) is 10.2 Å². The molecule has 0 spiro atoms. The van der Waals surface area contributed by atoms with Crippen LogP contribution in [0.5, 0.6) is 5.75 Å². The Morgan fingerprint density at radius 2 is 1.88 bits per heavy atom. The molecule has 0 aliphatic carbocycles. The molecule has 2 aromatic carbocycles. The van der Waals surface area contributed by atoms with Crippen molar-refractivity contribution in [2.45, 2.75) is 6.54 Å². The third kappa shape index (κ3) is 5.80. The summed E-state index contributed by atoms with van der Waals surface area (Å²) in [5, 5.41) is 5.22.